The highest BCUT2D eigenvalue weighted by atomic mass is 32.2. The highest BCUT2D eigenvalue weighted by Gasteiger charge is 2.50. The van der Waals surface area contributed by atoms with Crippen LogP contribution in [0.5, 0.6) is 0 Å². The lowest BCUT2D eigenvalue weighted by Crippen LogP contribution is -2.38. The van der Waals surface area contributed by atoms with E-state index < -0.39 is 21.5 Å². The monoisotopic (exact) mass is 421 g/mol. The first-order valence-corrected chi connectivity index (χ1v) is 10.5. The normalized spacial score (nSPS) is 21.9. The number of benzene rings is 1. The second-order valence-corrected chi connectivity index (χ2v) is 9.15. The van der Waals surface area contributed by atoms with E-state index in [4.69, 9.17) is 4.84 Å². The molecule has 0 aliphatic carbocycles. The maximum Gasteiger partial charge on any atom is 0.269 e. The molecular weight excluding hydrogens is 401 g/mol. The molecule has 3 heterocycles. The Labute approximate surface area is 167 Å². The average molecular weight is 421 g/mol. The molecule has 0 radical (unpaired) electrons. The fourth-order valence-electron chi connectivity index (χ4n) is 3.42. The molecule has 154 valence electrons. The molecule has 1 amide bonds. The molecule has 1 aromatic heterocycles. The Bertz CT molecular complexity index is 1070. The molecule has 0 bridgehead atoms. The SMILES string of the molecule is Cn1cnc(S(=O)(=O)N2CC[C@@]3(CC(C(=O)NCc4ccc(F)cc4)=NO3)C2)c1. The maximum atomic E-state index is 13.0. The van der Waals surface area contributed by atoms with Crippen molar-refractivity contribution in [2.75, 3.05) is 13.1 Å². The molecule has 2 aliphatic rings. The molecule has 4 rings (SSSR count). The number of carbonyl (C=O) groups is 1. The van der Waals surface area contributed by atoms with Crippen LogP contribution in [0.2, 0.25) is 0 Å². The third kappa shape index (κ3) is 3.87. The van der Waals surface area contributed by atoms with Crippen LogP contribution in [-0.4, -0.2) is 52.6 Å². The number of hydrogen-bond acceptors (Lipinski definition) is 6. The van der Waals surface area contributed by atoms with E-state index in [1.807, 2.05) is 0 Å². The van der Waals surface area contributed by atoms with Gasteiger partial charge >= 0.3 is 0 Å². The molecule has 1 fully saturated rings. The fraction of sp³-hybridized carbons (Fsp3) is 0.389. The van der Waals surface area contributed by atoms with Gasteiger partial charge in [0.05, 0.1) is 12.9 Å². The molecule has 2 aromatic rings. The summed E-state index contributed by atoms with van der Waals surface area (Å²) in [6.45, 7) is 0.592. The van der Waals surface area contributed by atoms with Crippen molar-refractivity contribution in [1.82, 2.24) is 19.2 Å². The number of carbonyl (C=O) groups excluding carboxylic acids is 1. The lowest BCUT2D eigenvalue weighted by Gasteiger charge is -2.21. The van der Waals surface area contributed by atoms with Gasteiger partial charge in [0.1, 0.15) is 11.5 Å². The summed E-state index contributed by atoms with van der Waals surface area (Å²) < 4.78 is 41.3. The standard InChI is InChI=1S/C18H20FN5O4S/c1-23-10-16(21-12-23)29(26,27)24-7-6-18(11-24)8-15(22-28-18)17(25)20-9-13-2-4-14(19)5-3-13/h2-5,10,12H,6-9,11H2,1H3,(H,20,25)/t18-/m1/s1. The number of hydrogen-bond donors (Lipinski definition) is 1. The Hall–Kier alpha value is -2.79. The van der Waals surface area contributed by atoms with E-state index in [1.54, 1.807) is 23.7 Å². The highest BCUT2D eigenvalue weighted by Crippen LogP contribution is 2.36. The van der Waals surface area contributed by atoms with Crippen LogP contribution >= 0.6 is 0 Å². The third-order valence-electron chi connectivity index (χ3n) is 5.03. The molecule has 1 saturated heterocycles. The van der Waals surface area contributed by atoms with Crippen LogP contribution in [0, 0.1) is 5.82 Å². The smallest absolute Gasteiger partial charge is 0.269 e. The van der Waals surface area contributed by atoms with Gasteiger partial charge in [0, 0.05) is 39.2 Å². The van der Waals surface area contributed by atoms with E-state index in [0.29, 0.717) is 6.42 Å². The Morgan fingerprint density at radius 3 is 2.79 bits per heavy atom. The van der Waals surface area contributed by atoms with Gasteiger partial charge in [0.15, 0.2) is 10.6 Å². The third-order valence-corrected chi connectivity index (χ3v) is 6.77. The molecule has 1 spiro atoms. The maximum absolute atomic E-state index is 13.0. The molecule has 0 unspecified atom stereocenters. The Morgan fingerprint density at radius 1 is 1.34 bits per heavy atom. The first kappa shape index (κ1) is 19.5. The molecular formula is C18H20FN5O4S. The van der Waals surface area contributed by atoms with Crippen LogP contribution in [0.25, 0.3) is 0 Å². The van der Waals surface area contributed by atoms with E-state index in [-0.39, 0.29) is 42.6 Å². The zero-order valence-corrected chi connectivity index (χ0v) is 16.5. The van der Waals surface area contributed by atoms with Crippen molar-refractivity contribution in [3.05, 3.63) is 48.2 Å². The predicted octanol–water partition coefficient (Wildman–Crippen LogP) is 0.785. The van der Waals surface area contributed by atoms with Gasteiger partial charge in [-0.1, -0.05) is 17.3 Å². The largest absolute Gasteiger partial charge is 0.387 e. The van der Waals surface area contributed by atoms with Gasteiger partial charge in [0.25, 0.3) is 15.9 Å². The minimum absolute atomic E-state index is 0.0202. The molecule has 0 saturated carbocycles. The second kappa shape index (κ2) is 7.23. The van der Waals surface area contributed by atoms with E-state index in [0.717, 1.165) is 5.56 Å². The summed E-state index contributed by atoms with van der Waals surface area (Å²) in [6, 6.07) is 5.81. The lowest BCUT2D eigenvalue weighted by molar-refractivity contribution is -0.115. The van der Waals surface area contributed by atoms with Crippen molar-refractivity contribution in [2.24, 2.45) is 12.2 Å². The summed E-state index contributed by atoms with van der Waals surface area (Å²) >= 11 is 0. The van der Waals surface area contributed by atoms with Gasteiger partial charge in [-0.2, -0.15) is 4.31 Å². The van der Waals surface area contributed by atoms with Gasteiger partial charge in [0.2, 0.25) is 0 Å². The molecule has 11 heteroatoms. The van der Waals surface area contributed by atoms with Crippen molar-refractivity contribution in [3.8, 4) is 0 Å². The van der Waals surface area contributed by atoms with E-state index >= 15 is 0 Å². The molecule has 1 aromatic carbocycles. The number of imidazole rings is 1. The van der Waals surface area contributed by atoms with Crippen molar-refractivity contribution in [2.45, 2.75) is 30.0 Å². The van der Waals surface area contributed by atoms with Crippen molar-refractivity contribution in [1.29, 1.82) is 0 Å². The number of sulfonamides is 1. The molecule has 1 N–H and O–H groups in total. The Morgan fingerprint density at radius 2 is 2.10 bits per heavy atom. The summed E-state index contributed by atoms with van der Waals surface area (Å²) in [7, 11) is -2.03. The summed E-state index contributed by atoms with van der Waals surface area (Å²) in [5.41, 5.74) is 0.122. The number of halogens is 1. The summed E-state index contributed by atoms with van der Waals surface area (Å²) in [5, 5.41) is 6.59. The van der Waals surface area contributed by atoms with Crippen LogP contribution in [0.3, 0.4) is 0 Å². The number of nitrogens with zero attached hydrogens (tertiary/aromatic N) is 4. The molecule has 1 atom stereocenters. The van der Waals surface area contributed by atoms with Crippen molar-refractivity contribution < 1.29 is 22.4 Å². The van der Waals surface area contributed by atoms with Crippen molar-refractivity contribution >= 4 is 21.6 Å². The van der Waals surface area contributed by atoms with Crippen LogP contribution in [0.1, 0.15) is 18.4 Å². The number of aryl methyl sites for hydroxylation is 1. The lowest BCUT2D eigenvalue weighted by atomic mass is 9.96. The number of oxime groups is 1. The number of aromatic nitrogens is 2. The van der Waals surface area contributed by atoms with Gasteiger partial charge in [-0.3, -0.25) is 4.79 Å². The summed E-state index contributed by atoms with van der Waals surface area (Å²) in [5.74, 6) is -0.737. The Kier molecular flexibility index (Phi) is 4.87. The number of amides is 1. The summed E-state index contributed by atoms with van der Waals surface area (Å²) in [4.78, 5) is 21.8. The predicted molar refractivity (Wildman–Crippen MR) is 101 cm³/mol. The van der Waals surface area contributed by atoms with Gasteiger partial charge < -0.3 is 14.7 Å². The first-order valence-electron chi connectivity index (χ1n) is 9.03. The van der Waals surface area contributed by atoms with E-state index in [9.17, 15) is 17.6 Å². The molecule has 2 aliphatic heterocycles. The minimum atomic E-state index is -3.73. The number of rotatable bonds is 5. The second-order valence-electron chi connectivity index (χ2n) is 7.26. The van der Waals surface area contributed by atoms with E-state index in [1.165, 1.54) is 29.0 Å². The van der Waals surface area contributed by atoms with Crippen molar-refractivity contribution in [3.63, 3.8) is 0 Å². The van der Waals surface area contributed by atoms with Crippen LogP contribution in [-0.2, 0) is 33.2 Å². The van der Waals surface area contributed by atoms with Gasteiger partial charge in [-0.25, -0.2) is 17.8 Å². The van der Waals surface area contributed by atoms with Crippen LogP contribution < -0.4 is 5.32 Å². The van der Waals surface area contributed by atoms with Crippen LogP contribution in [0.15, 0.2) is 47.0 Å². The van der Waals surface area contributed by atoms with Crippen LogP contribution in [0.4, 0.5) is 4.39 Å². The zero-order chi connectivity index (χ0) is 20.6. The highest BCUT2D eigenvalue weighted by molar-refractivity contribution is 7.89. The van der Waals surface area contributed by atoms with E-state index in [2.05, 4.69) is 15.5 Å². The molecule has 29 heavy (non-hydrogen) atoms. The fourth-order valence-corrected chi connectivity index (χ4v) is 4.90. The minimum Gasteiger partial charge on any atom is -0.387 e. The Balaban J connectivity index is 1.36. The molecule has 9 nitrogen and oxygen atoms in total. The average Bonchev–Trinajstić information content (AvgIpc) is 3.42. The topological polar surface area (TPSA) is 106 Å². The van der Waals surface area contributed by atoms with Gasteiger partial charge in [-0.05, 0) is 17.7 Å². The number of nitrogens with one attached hydrogen (secondary N) is 1. The zero-order valence-electron chi connectivity index (χ0n) is 15.7. The quantitative estimate of drug-likeness (QED) is 0.768. The summed E-state index contributed by atoms with van der Waals surface area (Å²) in [6.07, 6.45) is 3.52. The first-order chi connectivity index (χ1) is 13.8. The van der Waals surface area contributed by atoms with Gasteiger partial charge in [-0.15, -0.1) is 0 Å².